The van der Waals surface area contributed by atoms with E-state index in [9.17, 15) is 14.9 Å². The van der Waals surface area contributed by atoms with Crippen molar-refractivity contribution in [1.29, 1.82) is 0 Å². The smallest absolute Gasteiger partial charge is 0.271 e. The minimum absolute atomic E-state index is 0.0164. The SMILES string of the molecule is COc1ccc([C@@H]2C3=C(N=c4s/c(=C/c5cc(Br)cc(Br)c5OCc5ccc([N+](=O)[O-])cc5)c(=O)n42)c2ccccc2CC3)cc1. The molecule has 230 valence electrons. The van der Waals surface area contributed by atoms with Gasteiger partial charge in [-0.15, -0.1) is 0 Å². The molecule has 8 nitrogen and oxygen atoms in total. The molecule has 1 aliphatic carbocycles. The number of aromatic nitrogens is 1. The molecule has 1 aliphatic heterocycles. The van der Waals surface area contributed by atoms with Crippen molar-refractivity contribution in [2.24, 2.45) is 4.99 Å². The molecule has 2 heterocycles. The van der Waals surface area contributed by atoms with Gasteiger partial charge < -0.3 is 9.47 Å². The van der Waals surface area contributed by atoms with Gasteiger partial charge in [-0.1, -0.05) is 63.7 Å². The fourth-order valence-corrected chi connectivity index (χ4v) is 8.32. The lowest BCUT2D eigenvalue weighted by molar-refractivity contribution is -0.384. The maximum atomic E-state index is 14.3. The van der Waals surface area contributed by atoms with Gasteiger partial charge in [0, 0.05) is 27.7 Å². The first kappa shape index (κ1) is 30.3. The Balaban J connectivity index is 1.35. The number of halogens is 2. The zero-order chi connectivity index (χ0) is 31.9. The molecule has 0 unspecified atom stereocenters. The Bertz CT molecular complexity index is 2220. The van der Waals surface area contributed by atoms with E-state index in [-0.39, 0.29) is 23.9 Å². The van der Waals surface area contributed by atoms with Crippen molar-refractivity contribution < 1.29 is 14.4 Å². The minimum atomic E-state index is -0.432. The van der Waals surface area contributed by atoms with Gasteiger partial charge in [0.05, 0.1) is 32.8 Å². The largest absolute Gasteiger partial charge is 0.497 e. The molecule has 1 aromatic heterocycles. The maximum Gasteiger partial charge on any atom is 0.271 e. The van der Waals surface area contributed by atoms with Crippen molar-refractivity contribution >= 4 is 60.7 Å². The maximum absolute atomic E-state index is 14.3. The Morgan fingerprint density at radius 2 is 1.80 bits per heavy atom. The highest BCUT2D eigenvalue weighted by atomic mass is 79.9. The molecule has 0 saturated carbocycles. The molecule has 0 N–H and O–H groups in total. The lowest BCUT2D eigenvalue weighted by Gasteiger charge is -2.30. The van der Waals surface area contributed by atoms with Crippen LogP contribution in [0.4, 0.5) is 5.69 Å². The summed E-state index contributed by atoms with van der Waals surface area (Å²) in [6, 6.07) is 26.0. The van der Waals surface area contributed by atoms with E-state index in [1.165, 1.54) is 29.0 Å². The fraction of sp³-hybridized carbons (Fsp3) is 0.143. The van der Waals surface area contributed by atoms with E-state index in [2.05, 4.69) is 50.1 Å². The van der Waals surface area contributed by atoms with Crippen molar-refractivity contribution in [3.05, 3.63) is 157 Å². The molecule has 7 rings (SSSR count). The number of fused-ring (bicyclic) bond motifs is 3. The molecule has 0 amide bonds. The van der Waals surface area contributed by atoms with Crippen LogP contribution in [-0.2, 0) is 13.0 Å². The highest BCUT2D eigenvalue weighted by Crippen LogP contribution is 2.41. The van der Waals surface area contributed by atoms with Crippen LogP contribution < -0.4 is 24.4 Å². The number of nitrogens with zero attached hydrogens (tertiary/aromatic N) is 3. The summed E-state index contributed by atoms with van der Waals surface area (Å²) in [5.41, 5.74) is 6.78. The number of hydrogen-bond acceptors (Lipinski definition) is 7. The lowest BCUT2D eigenvalue weighted by atomic mass is 9.83. The monoisotopic (exact) mass is 757 g/mol. The van der Waals surface area contributed by atoms with Crippen molar-refractivity contribution in [3.8, 4) is 11.5 Å². The van der Waals surface area contributed by atoms with Gasteiger partial charge in [0.25, 0.3) is 11.2 Å². The zero-order valence-corrected chi connectivity index (χ0v) is 28.4. The van der Waals surface area contributed by atoms with E-state index >= 15 is 0 Å². The number of thiazole rings is 1. The van der Waals surface area contributed by atoms with Gasteiger partial charge in [-0.25, -0.2) is 4.99 Å². The van der Waals surface area contributed by atoms with Crippen molar-refractivity contribution in [2.45, 2.75) is 25.5 Å². The summed E-state index contributed by atoms with van der Waals surface area (Å²) in [5.74, 6) is 1.30. The number of nitro groups is 1. The number of aryl methyl sites for hydroxylation is 1. The molecule has 5 aromatic rings. The van der Waals surface area contributed by atoms with Crippen molar-refractivity contribution in [1.82, 2.24) is 4.57 Å². The van der Waals surface area contributed by atoms with Crippen LogP contribution >= 0.6 is 43.2 Å². The standard InChI is InChI=1S/C35H25Br2N3O5S/c1-44-26-13-8-22(9-14-26)32-28-15-10-21-4-2-3-5-27(21)31(28)38-35-39(32)34(41)30(46-35)17-23-16-24(36)18-29(37)33(23)45-19-20-6-11-25(12-7-20)40(42)43/h2-9,11-14,16-18,32H,10,15,19H2,1H3/b30-17+/t32-/m1/s1. The van der Waals surface area contributed by atoms with Crippen LogP contribution in [0.2, 0.25) is 0 Å². The molecule has 46 heavy (non-hydrogen) atoms. The summed E-state index contributed by atoms with van der Waals surface area (Å²) >= 11 is 8.55. The number of methoxy groups -OCH3 is 1. The van der Waals surface area contributed by atoms with Gasteiger partial charge in [0.1, 0.15) is 18.1 Å². The van der Waals surface area contributed by atoms with E-state index < -0.39 is 4.92 Å². The number of ether oxygens (including phenoxy) is 2. The average molecular weight is 759 g/mol. The van der Waals surface area contributed by atoms with E-state index in [1.807, 2.05) is 53.1 Å². The zero-order valence-electron chi connectivity index (χ0n) is 24.4. The van der Waals surface area contributed by atoms with Crippen LogP contribution in [0.5, 0.6) is 11.5 Å². The second-order valence-electron chi connectivity index (χ2n) is 10.9. The third-order valence-corrected chi connectivity index (χ3v) is 10.2. The quantitative estimate of drug-likeness (QED) is 0.128. The van der Waals surface area contributed by atoms with Gasteiger partial charge >= 0.3 is 0 Å². The third kappa shape index (κ3) is 5.63. The molecule has 1 atom stereocenters. The molecule has 0 saturated heterocycles. The van der Waals surface area contributed by atoms with Crippen LogP contribution in [0.25, 0.3) is 11.8 Å². The number of benzene rings is 4. The van der Waals surface area contributed by atoms with E-state index in [0.717, 1.165) is 51.0 Å². The van der Waals surface area contributed by atoms with Gasteiger partial charge in [-0.3, -0.25) is 19.5 Å². The Labute approximate surface area is 284 Å². The highest BCUT2D eigenvalue weighted by molar-refractivity contribution is 9.11. The topological polar surface area (TPSA) is 96.0 Å². The molecular weight excluding hydrogens is 734 g/mol. The van der Waals surface area contributed by atoms with Crippen LogP contribution in [0.1, 0.15) is 40.3 Å². The predicted molar refractivity (Wildman–Crippen MR) is 185 cm³/mol. The molecule has 0 spiro atoms. The summed E-state index contributed by atoms with van der Waals surface area (Å²) in [6.45, 7) is 0.184. The molecule has 11 heteroatoms. The number of nitro benzene ring substituents is 1. The minimum Gasteiger partial charge on any atom is -0.497 e. The van der Waals surface area contributed by atoms with Gasteiger partial charge in [-0.05, 0) is 93.5 Å². The molecule has 4 aromatic carbocycles. The first-order valence-electron chi connectivity index (χ1n) is 14.4. The number of hydrogen-bond donors (Lipinski definition) is 0. The summed E-state index contributed by atoms with van der Waals surface area (Å²) in [5, 5.41) is 11.1. The second-order valence-corrected chi connectivity index (χ2v) is 13.7. The first-order chi connectivity index (χ1) is 22.3. The van der Waals surface area contributed by atoms with Crippen LogP contribution in [0.3, 0.4) is 0 Å². The summed E-state index contributed by atoms with van der Waals surface area (Å²) in [6.07, 6.45) is 3.52. The van der Waals surface area contributed by atoms with Gasteiger partial charge in [0.2, 0.25) is 0 Å². The lowest BCUT2D eigenvalue weighted by Crippen LogP contribution is -2.38. The van der Waals surface area contributed by atoms with E-state index in [0.29, 0.717) is 25.1 Å². The fourth-order valence-electron chi connectivity index (χ4n) is 5.96. The summed E-state index contributed by atoms with van der Waals surface area (Å²) < 4.78 is 15.5. The van der Waals surface area contributed by atoms with Gasteiger partial charge in [-0.2, -0.15) is 0 Å². The summed E-state index contributed by atoms with van der Waals surface area (Å²) in [7, 11) is 1.64. The number of allylic oxidation sites excluding steroid dienone is 1. The normalized spacial score (nSPS) is 15.5. The molecule has 2 aliphatic rings. The first-order valence-corrected chi connectivity index (χ1v) is 16.8. The van der Waals surface area contributed by atoms with Crippen LogP contribution in [0, 0.1) is 10.1 Å². The Hall–Kier alpha value is -4.32. The predicted octanol–water partition coefficient (Wildman–Crippen LogP) is 7.34. The van der Waals surface area contributed by atoms with Crippen molar-refractivity contribution in [3.63, 3.8) is 0 Å². The Kier molecular flexibility index (Phi) is 8.22. The molecular formula is C35H25Br2N3O5S. The van der Waals surface area contributed by atoms with Crippen molar-refractivity contribution in [2.75, 3.05) is 7.11 Å². The third-order valence-electron chi connectivity index (χ3n) is 8.16. The number of rotatable bonds is 7. The van der Waals surface area contributed by atoms with Gasteiger partial charge in [0.15, 0.2) is 4.80 Å². The summed E-state index contributed by atoms with van der Waals surface area (Å²) in [4.78, 5) is 30.7. The Morgan fingerprint density at radius 3 is 2.54 bits per heavy atom. The van der Waals surface area contributed by atoms with E-state index in [1.54, 1.807) is 19.2 Å². The number of non-ortho nitro benzene ring substituents is 1. The molecule has 0 radical (unpaired) electrons. The van der Waals surface area contributed by atoms with Crippen LogP contribution in [-0.4, -0.2) is 16.6 Å². The van der Waals surface area contributed by atoms with E-state index in [4.69, 9.17) is 14.5 Å². The second kappa shape index (κ2) is 12.5. The Morgan fingerprint density at radius 1 is 1.04 bits per heavy atom. The van der Waals surface area contributed by atoms with Crippen LogP contribution in [0.15, 0.2) is 109 Å². The molecule has 0 fully saturated rings. The highest BCUT2D eigenvalue weighted by Gasteiger charge is 2.32. The average Bonchev–Trinajstić information content (AvgIpc) is 3.37. The molecule has 0 bridgehead atoms.